The number of carbonyl (C=O) groups is 3. The van der Waals surface area contributed by atoms with Gasteiger partial charge in [0.05, 0.1) is 11.5 Å². The van der Waals surface area contributed by atoms with E-state index in [1.807, 2.05) is 37.3 Å². The number of rotatable bonds is 7. The van der Waals surface area contributed by atoms with Crippen molar-refractivity contribution in [1.82, 2.24) is 0 Å². The largest absolute Gasteiger partial charge is 0.455 e. The SMILES string of the molecule is CC[C@H](C(=O)OCC(=O)Nc1sccc1C(N)=O)c1ccccc1. The molecule has 0 saturated carbocycles. The Morgan fingerprint density at radius 1 is 1.21 bits per heavy atom. The number of nitrogens with two attached hydrogens (primary N) is 1. The van der Waals surface area contributed by atoms with Crippen LogP contribution < -0.4 is 11.1 Å². The molecule has 1 aromatic heterocycles. The molecule has 0 radical (unpaired) electrons. The van der Waals surface area contributed by atoms with E-state index in [2.05, 4.69) is 5.32 Å². The topological polar surface area (TPSA) is 98.5 Å². The van der Waals surface area contributed by atoms with E-state index in [4.69, 9.17) is 10.5 Å². The van der Waals surface area contributed by atoms with Gasteiger partial charge in [0.25, 0.3) is 11.8 Å². The molecule has 0 aliphatic rings. The van der Waals surface area contributed by atoms with E-state index in [1.165, 1.54) is 17.4 Å². The second kappa shape index (κ2) is 8.26. The number of primary amides is 1. The van der Waals surface area contributed by atoms with E-state index in [-0.39, 0.29) is 5.56 Å². The molecule has 1 heterocycles. The first-order valence-electron chi connectivity index (χ1n) is 7.41. The van der Waals surface area contributed by atoms with Crippen LogP contribution in [0.3, 0.4) is 0 Å². The van der Waals surface area contributed by atoms with Crippen LogP contribution in [-0.2, 0) is 14.3 Å². The van der Waals surface area contributed by atoms with Crippen LogP contribution in [0.25, 0.3) is 0 Å². The summed E-state index contributed by atoms with van der Waals surface area (Å²) < 4.78 is 5.10. The van der Waals surface area contributed by atoms with Crippen LogP contribution in [0.2, 0.25) is 0 Å². The number of hydrogen-bond acceptors (Lipinski definition) is 5. The van der Waals surface area contributed by atoms with Crippen LogP contribution in [0.4, 0.5) is 5.00 Å². The van der Waals surface area contributed by atoms with Gasteiger partial charge in [-0.1, -0.05) is 37.3 Å². The number of hydrogen-bond donors (Lipinski definition) is 2. The van der Waals surface area contributed by atoms with Gasteiger partial charge in [0, 0.05) is 0 Å². The van der Waals surface area contributed by atoms with Crippen molar-refractivity contribution in [3.05, 3.63) is 52.9 Å². The maximum Gasteiger partial charge on any atom is 0.313 e. The quantitative estimate of drug-likeness (QED) is 0.753. The summed E-state index contributed by atoms with van der Waals surface area (Å²) in [7, 11) is 0. The number of thiophene rings is 1. The van der Waals surface area contributed by atoms with Gasteiger partial charge in [0.2, 0.25) is 0 Å². The number of anilines is 1. The summed E-state index contributed by atoms with van der Waals surface area (Å²) in [6.45, 7) is 1.46. The van der Waals surface area contributed by atoms with Gasteiger partial charge in [-0.2, -0.15) is 0 Å². The minimum atomic E-state index is -0.626. The van der Waals surface area contributed by atoms with E-state index in [0.717, 1.165) is 5.56 Å². The minimum absolute atomic E-state index is 0.232. The number of esters is 1. The zero-order valence-corrected chi connectivity index (χ0v) is 14.0. The summed E-state index contributed by atoms with van der Waals surface area (Å²) in [5, 5.41) is 4.51. The normalized spacial score (nSPS) is 11.5. The average Bonchev–Trinajstić information content (AvgIpc) is 3.03. The highest BCUT2D eigenvalue weighted by Crippen LogP contribution is 2.23. The molecule has 0 fully saturated rings. The number of nitrogens with one attached hydrogen (secondary N) is 1. The van der Waals surface area contributed by atoms with E-state index in [9.17, 15) is 14.4 Å². The monoisotopic (exact) mass is 346 g/mol. The smallest absolute Gasteiger partial charge is 0.313 e. The number of ether oxygens (including phenoxy) is 1. The Labute approximate surface area is 143 Å². The average molecular weight is 346 g/mol. The highest BCUT2D eigenvalue weighted by molar-refractivity contribution is 7.14. The lowest BCUT2D eigenvalue weighted by atomic mass is 9.97. The fourth-order valence-corrected chi connectivity index (χ4v) is 3.03. The van der Waals surface area contributed by atoms with Crippen molar-refractivity contribution in [1.29, 1.82) is 0 Å². The van der Waals surface area contributed by atoms with Gasteiger partial charge in [-0.25, -0.2) is 0 Å². The molecule has 0 aliphatic heterocycles. The van der Waals surface area contributed by atoms with E-state index >= 15 is 0 Å². The Morgan fingerprint density at radius 2 is 1.92 bits per heavy atom. The molecule has 24 heavy (non-hydrogen) atoms. The molecule has 7 heteroatoms. The number of amides is 2. The molecule has 0 bridgehead atoms. The van der Waals surface area contributed by atoms with Gasteiger partial charge in [0.15, 0.2) is 6.61 Å². The van der Waals surface area contributed by atoms with E-state index in [0.29, 0.717) is 11.4 Å². The zero-order valence-electron chi connectivity index (χ0n) is 13.2. The predicted octanol–water partition coefficient (Wildman–Crippen LogP) is 2.52. The molecule has 1 aromatic carbocycles. The van der Waals surface area contributed by atoms with Crippen molar-refractivity contribution in [3.8, 4) is 0 Å². The molecule has 0 saturated heterocycles. The third-order valence-electron chi connectivity index (χ3n) is 3.42. The third-order valence-corrected chi connectivity index (χ3v) is 4.25. The van der Waals surface area contributed by atoms with Gasteiger partial charge >= 0.3 is 5.97 Å². The highest BCUT2D eigenvalue weighted by atomic mass is 32.1. The van der Waals surface area contributed by atoms with Crippen LogP contribution >= 0.6 is 11.3 Å². The molecule has 2 aromatic rings. The Bertz CT molecular complexity index is 727. The Hall–Kier alpha value is -2.67. The Kier molecular flexibility index (Phi) is 6.08. The van der Waals surface area contributed by atoms with Crippen molar-refractivity contribution >= 4 is 34.1 Å². The molecule has 0 aliphatic carbocycles. The third kappa shape index (κ3) is 4.42. The lowest BCUT2D eigenvalue weighted by Crippen LogP contribution is -2.24. The summed E-state index contributed by atoms with van der Waals surface area (Å²) in [6, 6.07) is 10.8. The van der Waals surface area contributed by atoms with Crippen molar-refractivity contribution in [2.75, 3.05) is 11.9 Å². The lowest BCUT2D eigenvalue weighted by molar-refractivity contribution is -0.149. The first-order chi connectivity index (χ1) is 11.5. The molecule has 1 atom stereocenters. The highest BCUT2D eigenvalue weighted by Gasteiger charge is 2.21. The van der Waals surface area contributed by atoms with Crippen molar-refractivity contribution in [2.24, 2.45) is 5.73 Å². The van der Waals surface area contributed by atoms with Crippen LogP contribution in [0.15, 0.2) is 41.8 Å². The Balaban J connectivity index is 1.92. The standard InChI is InChI=1S/C17H18N2O4S/c1-2-12(11-6-4-3-5-7-11)17(22)23-10-14(20)19-16-13(15(18)21)8-9-24-16/h3-9,12H,2,10H2,1H3,(H2,18,21)(H,19,20)/t12-/m0/s1. The van der Waals surface area contributed by atoms with Gasteiger partial charge in [-0.05, 0) is 23.4 Å². The predicted molar refractivity (Wildman–Crippen MR) is 91.9 cm³/mol. The second-order valence-corrected chi connectivity index (χ2v) is 5.97. The summed E-state index contributed by atoms with van der Waals surface area (Å²) in [5.41, 5.74) is 6.29. The van der Waals surface area contributed by atoms with Gasteiger partial charge in [0.1, 0.15) is 5.00 Å². The van der Waals surface area contributed by atoms with Gasteiger partial charge < -0.3 is 15.8 Å². The molecule has 2 rings (SSSR count). The summed E-state index contributed by atoms with van der Waals surface area (Å²) >= 11 is 1.17. The van der Waals surface area contributed by atoms with Gasteiger partial charge in [-0.15, -0.1) is 11.3 Å². The molecule has 3 N–H and O–H groups in total. The number of benzene rings is 1. The molecule has 126 valence electrons. The first-order valence-corrected chi connectivity index (χ1v) is 8.29. The molecular weight excluding hydrogens is 328 g/mol. The van der Waals surface area contributed by atoms with Crippen molar-refractivity contribution in [2.45, 2.75) is 19.3 Å². The molecule has 0 unspecified atom stereocenters. The minimum Gasteiger partial charge on any atom is -0.455 e. The molecule has 0 spiro atoms. The van der Waals surface area contributed by atoms with Crippen LogP contribution in [0.5, 0.6) is 0 Å². The van der Waals surface area contributed by atoms with Crippen molar-refractivity contribution < 1.29 is 19.1 Å². The first kappa shape index (κ1) is 17.7. The van der Waals surface area contributed by atoms with E-state index < -0.39 is 30.3 Å². The second-order valence-electron chi connectivity index (χ2n) is 5.06. The molecular formula is C17H18N2O4S. The lowest BCUT2D eigenvalue weighted by Gasteiger charge is -2.14. The molecule has 2 amide bonds. The summed E-state index contributed by atoms with van der Waals surface area (Å²) in [5.74, 6) is -2.02. The molecule has 6 nitrogen and oxygen atoms in total. The van der Waals surface area contributed by atoms with Gasteiger partial charge in [-0.3, -0.25) is 14.4 Å². The van der Waals surface area contributed by atoms with Crippen molar-refractivity contribution in [3.63, 3.8) is 0 Å². The van der Waals surface area contributed by atoms with Crippen LogP contribution in [0.1, 0.15) is 35.2 Å². The Morgan fingerprint density at radius 3 is 2.54 bits per heavy atom. The van der Waals surface area contributed by atoms with E-state index in [1.54, 1.807) is 5.38 Å². The fraction of sp³-hybridized carbons (Fsp3) is 0.235. The summed E-state index contributed by atoms with van der Waals surface area (Å²) in [4.78, 5) is 35.3. The van der Waals surface area contributed by atoms with Crippen LogP contribution in [0, 0.1) is 0 Å². The fourth-order valence-electron chi connectivity index (χ4n) is 2.22. The summed E-state index contributed by atoms with van der Waals surface area (Å²) in [6.07, 6.45) is 0.571. The maximum absolute atomic E-state index is 12.2. The maximum atomic E-state index is 12.2. The number of carbonyl (C=O) groups excluding carboxylic acids is 3. The van der Waals surface area contributed by atoms with Crippen LogP contribution in [-0.4, -0.2) is 24.4 Å². The zero-order chi connectivity index (χ0) is 17.5.